The van der Waals surface area contributed by atoms with Gasteiger partial charge in [0.15, 0.2) is 0 Å². The van der Waals surface area contributed by atoms with Crippen molar-refractivity contribution in [2.24, 2.45) is 0 Å². The van der Waals surface area contributed by atoms with Crippen LogP contribution in [-0.2, 0) is 13.0 Å². The largest absolute Gasteiger partial charge is 0.491 e. The zero-order valence-electron chi connectivity index (χ0n) is 20.5. The fourth-order valence-electron chi connectivity index (χ4n) is 6.75. The molecule has 3 aliphatic rings. The predicted octanol–water partition coefficient (Wildman–Crippen LogP) is 6.13. The zero-order valence-corrected chi connectivity index (χ0v) is 20.5. The van der Waals surface area contributed by atoms with E-state index in [-0.39, 0.29) is 0 Å². The first-order chi connectivity index (χ1) is 16.7. The average Bonchev–Trinajstić information content (AvgIpc) is 3.20. The summed E-state index contributed by atoms with van der Waals surface area (Å²) in [5.74, 6) is 1.58. The maximum Gasteiger partial charge on any atom is 0.119 e. The molecule has 0 bridgehead atoms. The number of β-amino-alcohol motifs (C(OH)–C–C–N with tert-alkyl or cyclic N) is 1. The van der Waals surface area contributed by atoms with Gasteiger partial charge in [-0.3, -0.25) is 4.90 Å². The lowest BCUT2D eigenvalue weighted by Crippen LogP contribution is -2.44. The normalized spacial score (nSPS) is 22.0. The third-order valence-electron chi connectivity index (χ3n) is 8.49. The highest BCUT2D eigenvalue weighted by atomic mass is 16.5. The van der Waals surface area contributed by atoms with Crippen LogP contribution in [0.2, 0.25) is 0 Å². The van der Waals surface area contributed by atoms with Crippen LogP contribution in [0.3, 0.4) is 0 Å². The highest BCUT2D eigenvalue weighted by Crippen LogP contribution is 2.44. The summed E-state index contributed by atoms with van der Waals surface area (Å²) in [6.45, 7) is 5.09. The van der Waals surface area contributed by atoms with Gasteiger partial charge in [0.25, 0.3) is 0 Å². The third kappa shape index (κ3) is 4.16. The van der Waals surface area contributed by atoms with Crippen LogP contribution < -0.4 is 4.74 Å². The molecule has 2 aromatic carbocycles. The number of aromatic nitrogens is 1. The number of aliphatic hydroxyl groups excluding tert-OH is 1. The van der Waals surface area contributed by atoms with Crippen LogP contribution in [0, 0.1) is 6.92 Å². The maximum absolute atomic E-state index is 10.8. The Hall–Kier alpha value is -2.30. The third-order valence-corrected chi connectivity index (χ3v) is 8.49. The summed E-state index contributed by atoms with van der Waals surface area (Å²) in [4.78, 5) is 2.52. The van der Waals surface area contributed by atoms with E-state index < -0.39 is 6.10 Å². The van der Waals surface area contributed by atoms with Crippen molar-refractivity contribution < 1.29 is 9.84 Å². The van der Waals surface area contributed by atoms with Gasteiger partial charge in [-0.15, -0.1) is 0 Å². The summed E-state index contributed by atoms with van der Waals surface area (Å²) >= 11 is 0. The number of ether oxygens (including phenoxy) is 1. The lowest BCUT2D eigenvalue weighted by molar-refractivity contribution is 0.0375. The van der Waals surface area contributed by atoms with E-state index in [1.165, 1.54) is 73.5 Å². The van der Waals surface area contributed by atoms with Crippen molar-refractivity contribution in [1.29, 1.82) is 0 Å². The number of aryl methyl sites for hydroxylation is 2. The van der Waals surface area contributed by atoms with Crippen LogP contribution in [0.15, 0.2) is 42.5 Å². The van der Waals surface area contributed by atoms with Crippen molar-refractivity contribution in [2.75, 3.05) is 19.7 Å². The Morgan fingerprint density at radius 3 is 2.62 bits per heavy atom. The van der Waals surface area contributed by atoms with Gasteiger partial charge in [0, 0.05) is 36.2 Å². The maximum atomic E-state index is 10.8. The van der Waals surface area contributed by atoms with E-state index in [1.54, 1.807) is 11.1 Å². The van der Waals surface area contributed by atoms with Crippen LogP contribution in [0.25, 0.3) is 10.9 Å². The summed E-state index contributed by atoms with van der Waals surface area (Å²) in [6, 6.07) is 15.9. The molecule has 0 radical (unpaired) electrons. The summed E-state index contributed by atoms with van der Waals surface area (Å²) < 4.78 is 8.48. The first-order valence-corrected chi connectivity index (χ1v) is 13.4. The predicted molar refractivity (Wildman–Crippen MR) is 138 cm³/mol. The van der Waals surface area contributed by atoms with E-state index in [1.807, 2.05) is 12.1 Å². The van der Waals surface area contributed by atoms with Crippen molar-refractivity contribution in [3.63, 3.8) is 0 Å². The van der Waals surface area contributed by atoms with Gasteiger partial charge >= 0.3 is 0 Å². The fraction of sp³-hybridized carbons (Fsp3) is 0.533. The van der Waals surface area contributed by atoms with Crippen molar-refractivity contribution in [2.45, 2.75) is 82.9 Å². The average molecular weight is 459 g/mol. The van der Waals surface area contributed by atoms with Crippen LogP contribution in [0.4, 0.5) is 0 Å². The van der Waals surface area contributed by atoms with Gasteiger partial charge in [0.05, 0.1) is 6.04 Å². The number of benzene rings is 2. The lowest BCUT2D eigenvalue weighted by atomic mass is 9.83. The topological polar surface area (TPSA) is 37.6 Å². The molecule has 2 aliphatic carbocycles. The van der Waals surface area contributed by atoms with Gasteiger partial charge in [-0.2, -0.15) is 0 Å². The zero-order chi connectivity index (χ0) is 23.1. The molecule has 1 aliphatic heterocycles. The molecule has 1 fully saturated rings. The number of hydrogen-bond donors (Lipinski definition) is 1. The number of hydrogen-bond acceptors (Lipinski definition) is 3. The summed E-state index contributed by atoms with van der Waals surface area (Å²) in [7, 11) is 0. The molecule has 0 unspecified atom stereocenters. The standard InChI is InChI=1S/C30H38N2O2/c1-21-10-13-25(14-11-21)34-20-24(33)19-31-16-17-32-28-15-12-23(22-6-3-2-4-7-22)18-27(28)26-8-5-9-29(31)30(26)32/h10-15,18,22,24,29,33H,2-9,16-17,19-20H2,1H3/t24-,29+/m1/s1. The molecule has 6 rings (SSSR count). The number of fused-ring (bicyclic) bond motifs is 3. The molecule has 2 atom stereocenters. The van der Waals surface area contributed by atoms with E-state index >= 15 is 0 Å². The lowest BCUT2D eigenvalue weighted by Gasteiger charge is -2.40. The molecule has 0 saturated heterocycles. The minimum atomic E-state index is -0.486. The number of nitrogens with zero attached hydrogens (tertiary/aromatic N) is 2. The summed E-state index contributed by atoms with van der Waals surface area (Å²) in [5.41, 5.74) is 7.32. The molecule has 180 valence electrons. The second kappa shape index (κ2) is 9.39. The Bertz CT molecular complexity index is 1140. The van der Waals surface area contributed by atoms with Gasteiger partial charge in [-0.25, -0.2) is 0 Å². The molecular weight excluding hydrogens is 420 g/mol. The van der Waals surface area contributed by atoms with Gasteiger partial charge in [-0.1, -0.05) is 43.0 Å². The van der Waals surface area contributed by atoms with E-state index in [0.29, 0.717) is 19.2 Å². The smallest absolute Gasteiger partial charge is 0.119 e. The molecule has 1 N–H and O–H groups in total. The highest BCUT2D eigenvalue weighted by Gasteiger charge is 2.35. The highest BCUT2D eigenvalue weighted by molar-refractivity contribution is 5.87. The van der Waals surface area contributed by atoms with Crippen molar-refractivity contribution in [1.82, 2.24) is 9.47 Å². The molecule has 4 heteroatoms. The van der Waals surface area contributed by atoms with Crippen molar-refractivity contribution >= 4 is 10.9 Å². The van der Waals surface area contributed by atoms with Gasteiger partial charge in [0.2, 0.25) is 0 Å². The summed E-state index contributed by atoms with van der Waals surface area (Å²) in [6.07, 6.45) is 10.0. The van der Waals surface area contributed by atoms with E-state index in [9.17, 15) is 5.11 Å². The van der Waals surface area contributed by atoms with Crippen molar-refractivity contribution in [3.8, 4) is 5.75 Å². The first-order valence-electron chi connectivity index (χ1n) is 13.4. The second-order valence-electron chi connectivity index (χ2n) is 10.8. The van der Waals surface area contributed by atoms with E-state index in [0.717, 1.165) is 24.8 Å². The Labute approximate surface area is 203 Å². The van der Waals surface area contributed by atoms with Crippen LogP contribution in [0.5, 0.6) is 5.75 Å². The molecule has 0 amide bonds. The van der Waals surface area contributed by atoms with Gasteiger partial charge in [0.1, 0.15) is 18.5 Å². The molecule has 34 heavy (non-hydrogen) atoms. The number of rotatable bonds is 6. The van der Waals surface area contributed by atoms with E-state index in [2.05, 4.69) is 46.7 Å². The Morgan fingerprint density at radius 2 is 1.79 bits per heavy atom. The number of aliphatic hydroxyl groups is 1. The fourth-order valence-corrected chi connectivity index (χ4v) is 6.75. The monoisotopic (exact) mass is 458 g/mol. The molecule has 1 aromatic heterocycles. The molecule has 3 aromatic rings. The van der Waals surface area contributed by atoms with Gasteiger partial charge < -0.3 is 14.4 Å². The molecule has 4 nitrogen and oxygen atoms in total. The van der Waals surface area contributed by atoms with Crippen LogP contribution >= 0.6 is 0 Å². The summed E-state index contributed by atoms with van der Waals surface area (Å²) in [5, 5.41) is 12.3. The van der Waals surface area contributed by atoms with Crippen molar-refractivity contribution in [3.05, 3.63) is 64.8 Å². The Morgan fingerprint density at radius 1 is 0.971 bits per heavy atom. The molecule has 1 saturated carbocycles. The quantitative estimate of drug-likeness (QED) is 0.483. The minimum Gasteiger partial charge on any atom is -0.491 e. The van der Waals surface area contributed by atoms with Crippen LogP contribution in [0.1, 0.15) is 79.3 Å². The molecule has 0 spiro atoms. The van der Waals surface area contributed by atoms with Gasteiger partial charge in [-0.05, 0) is 80.3 Å². The molecular formula is C30H38N2O2. The Kier molecular flexibility index (Phi) is 6.13. The first kappa shape index (κ1) is 22.2. The Balaban J connectivity index is 1.21. The SMILES string of the molecule is Cc1ccc(OC[C@H](O)CN2CCn3c4c(c5cc(C6CCCCC6)ccc53)CCC[C@@H]42)cc1. The second-order valence-corrected chi connectivity index (χ2v) is 10.8. The van der Waals surface area contributed by atoms with Crippen LogP contribution in [-0.4, -0.2) is 40.4 Å². The minimum absolute atomic E-state index is 0.340. The molecule has 2 heterocycles. The van der Waals surface area contributed by atoms with E-state index in [4.69, 9.17) is 4.74 Å².